The molecule has 1 aromatic carbocycles. The van der Waals surface area contributed by atoms with Gasteiger partial charge in [-0.15, -0.1) is 0 Å². The van der Waals surface area contributed by atoms with Crippen LogP contribution in [0, 0.1) is 19.3 Å². The summed E-state index contributed by atoms with van der Waals surface area (Å²) >= 11 is 0. The van der Waals surface area contributed by atoms with E-state index < -0.39 is 0 Å². The number of anilines is 1. The summed E-state index contributed by atoms with van der Waals surface area (Å²) in [6, 6.07) is 4.22. The summed E-state index contributed by atoms with van der Waals surface area (Å²) in [5, 5.41) is 10.1. The average Bonchev–Trinajstić information content (AvgIpc) is 2.56. The van der Waals surface area contributed by atoms with Gasteiger partial charge in [0.2, 0.25) is 0 Å². The van der Waals surface area contributed by atoms with Crippen LogP contribution < -0.4 is 4.90 Å². The van der Waals surface area contributed by atoms with Crippen molar-refractivity contribution in [2.45, 2.75) is 100 Å². The van der Waals surface area contributed by atoms with Crippen molar-refractivity contribution in [3.8, 4) is 5.75 Å². The molecule has 2 heteroatoms. The number of benzene rings is 1. The number of hydrogen-bond acceptors (Lipinski definition) is 2. The van der Waals surface area contributed by atoms with Gasteiger partial charge in [-0.3, -0.25) is 0 Å². The highest BCUT2D eigenvalue weighted by atomic mass is 16.3. The van der Waals surface area contributed by atoms with E-state index in [4.69, 9.17) is 0 Å². The van der Waals surface area contributed by atoms with E-state index in [2.05, 4.69) is 52.7 Å². The summed E-state index contributed by atoms with van der Waals surface area (Å²) in [6.07, 6.45) is 5.48. The largest absolute Gasteiger partial charge is 0.508 e. The lowest BCUT2D eigenvalue weighted by atomic mass is 9.86. The Kier molecular flexibility index (Phi) is 11.3. The average molecular weight is 388 g/mol. The molecule has 0 radical (unpaired) electrons. The van der Waals surface area contributed by atoms with Gasteiger partial charge in [0.25, 0.3) is 0 Å². The van der Waals surface area contributed by atoms with Gasteiger partial charge < -0.3 is 10.0 Å². The Hall–Kier alpha value is -1.70. The number of rotatable bonds is 6. The molecule has 160 valence electrons. The highest BCUT2D eigenvalue weighted by molar-refractivity contribution is 5.63. The van der Waals surface area contributed by atoms with E-state index in [1.165, 1.54) is 30.4 Å². The molecule has 1 saturated carbocycles. The SMILES string of the molecule is C=C(CC(=C)N(c1cc(O)cc(C)c1C)C1CCC1)CC(C)(C)C.CC.CC. The van der Waals surface area contributed by atoms with Gasteiger partial charge in [0.15, 0.2) is 0 Å². The van der Waals surface area contributed by atoms with Gasteiger partial charge in [0.1, 0.15) is 5.75 Å². The molecule has 1 aliphatic rings. The highest BCUT2D eigenvalue weighted by Gasteiger charge is 2.29. The molecule has 0 bridgehead atoms. The molecule has 1 aromatic rings. The minimum absolute atomic E-state index is 0.246. The fourth-order valence-corrected chi connectivity index (χ4v) is 3.53. The van der Waals surface area contributed by atoms with Gasteiger partial charge in [-0.2, -0.15) is 0 Å². The first-order valence-electron chi connectivity index (χ1n) is 11.0. The molecular formula is C26H45NO. The van der Waals surface area contributed by atoms with Crippen LogP contribution in [0.2, 0.25) is 0 Å². The number of aromatic hydroxyl groups is 1. The third-order valence-electron chi connectivity index (χ3n) is 4.90. The van der Waals surface area contributed by atoms with E-state index in [0.717, 1.165) is 29.8 Å². The minimum Gasteiger partial charge on any atom is -0.508 e. The van der Waals surface area contributed by atoms with Crippen molar-refractivity contribution in [3.05, 3.63) is 47.7 Å². The molecule has 0 heterocycles. The molecule has 1 fully saturated rings. The van der Waals surface area contributed by atoms with Crippen LogP contribution in [0.5, 0.6) is 5.75 Å². The van der Waals surface area contributed by atoms with Gasteiger partial charge in [-0.1, -0.05) is 67.2 Å². The molecule has 1 aliphatic carbocycles. The Labute approximate surface area is 175 Å². The first kappa shape index (κ1) is 26.3. The molecule has 2 rings (SSSR count). The van der Waals surface area contributed by atoms with Gasteiger partial charge in [-0.25, -0.2) is 0 Å². The molecular weight excluding hydrogens is 342 g/mol. The summed E-state index contributed by atoms with van der Waals surface area (Å²) in [6.45, 7) is 27.6. The third-order valence-corrected chi connectivity index (χ3v) is 4.90. The second-order valence-corrected chi connectivity index (χ2v) is 8.59. The molecule has 0 amide bonds. The third kappa shape index (κ3) is 7.73. The Bertz CT molecular complexity index is 633. The fourth-order valence-electron chi connectivity index (χ4n) is 3.53. The fraction of sp³-hybridized carbons (Fsp3) is 0.615. The van der Waals surface area contributed by atoms with Crippen molar-refractivity contribution in [2.75, 3.05) is 4.90 Å². The maximum Gasteiger partial charge on any atom is 0.117 e. The molecule has 0 aliphatic heterocycles. The second kappa shape index (κ2) is 12.0. The number of phenolic OH excluding ortho intramolecular Hbond substituents is 1. The van der Waals surface area contributed by atoms with E-state index >= 15 is 0 Å². The Morgan fingerprint density at radius 3 is 2.04 bits per heavy atom. The summed E-state index contributed by atoms with van der Waals surface area (Å²) < 4.78 is 0. The van der Waals surface area contributed by atoms with Crippen molar-refractivity contribution in [3.63, 3.8) is 0 Å². The van der Waals surface area contributed by atoms with Crippen LogP contribution in [0.4, 0.5) is 5.69 Å². The van der Waals surface area contributed by atoms with E-state index in [9.17, 15) is 5.11 Å². The number of phenols is 1. The molecule has 0 aromatic heterocycles. The maximum absolute atomic E-state index is 10.1. The number of allylic oxidation sites excluding steroid dienone is 1. The normalized spacial score (nSPS) is 13.3. The van der Waals surface area contributed by atoms with Gasteiger partial charge in [0.05, 0.1) is 0 Å². The molecule has 0 unspecified atom stereocenters. The second-order valence-electron chi connectivity index (χ2n) is 8.59. The van der Waals surface area contributed by atoms with Gasteiger partial charge in [0, 0.05) is 29.9 Å². The van der Waals surface area contributed by atoms with Gasteiger partial charge >= 0.3 is 0 Å². The lowest BCUT2D eigenvalue weighted by molar-refractivity contribution is 0.393. The number of hydrogen-bond donors (Lipinski definition) is 1. The van der Waals surface area contributed by atoms with Gasteiger partial charge in [-0.05, 0) is 62.1 Å². The Morgan fingerprint density at radius 1 is 1.07 bits per heavy atom. The van der Waals surface area contributed by atoms with Crippen LogP contribution in [-0.2, 0) is 0 Å². The highest BCUT2D eigenvalue weighted by Crippen LogP contribution is 2.39. The molecule has 2 nitrogen and oxygen atoms in total. The first-order chi connectivity index (χ1) is 13.1. The number of nitrogens with zero attached hydrogens (tertiary/aromatic N) is 1. The predicted octanol–water partition coefficient (Wildman–Crippen LogP) is 8.32. The quantitative estimate of drug-likeness (QED) is 0.496. The summed E-state index contributed by atoms with van der Waals surface area (Å²) in [5.41, 5.74) is 6.02. The zero-order chi connectivity index (χ0) is 22.1. The van der Waals surface area contributed by atoms with Crippen molar-refractivity contribution < 1.29 is 5.11 Å². The summed E-state index contributed by atoms with van der Waals surface area (Å²) in [4.78, 5) is 2.36. The molecule has 0 atom stereocenters. The first-order valence-corrected chi connectivity index (χ1v) is 11.0. The predicted molar refractivity (Wildman–Crippen MR) is 127 cm³/mol. The van der Waals surface area contributed by atoms with Crippen LogP contribution >= 0.6 is 0 Å². The zero-order valence-corrected chi connectivity index (χ0v) is 20.1. The van der Waals surface area contributed by atoms with Crippen LogP contribution in [0.1, 0.15) is 91.7 Å². The summed E-state index contributed by atoms with van der Waals surface area (Å²) in [7, 11) is 0. The zero-order valence-electron chi connectivity index (χ0n) is 20.1. The van der Waals surface area contributed by atoms with E-state index in [1.54, 1.807) is 0 Å². The minimum atomic E-state index is 0.246. The summed E-state index contributed by atoms with van der Waals surface area (Å²) in [5.74, 6) is 0.332. The number of aryl methyl sites for hydroxylation is 1. The van der Waals surface area contributed by atoms with E-state index in [0.29, 0.717) is 11.8 Å². The van der Waals surface area contributed by atoms with Crippen LogP contribution in [0.25, 0.3) is 0 Å². The van der Waals surface area contributed by atoms with E-state index in [1.807, 2.05) is 39.8 Å². The topological polar surface area (TPSA) is 23.5 Å². The van der Waals surface area contributed by atoms with Crippen molar-refractivity contribution in [1.29, 1.82) is 0 Å². The van der Waals surface area contributed by atoms with E-state index in [-0.39, 0.29) is 5.41 Å². The maximum atomic E-state index is 10.1. The van der Waals surface area contributed by atoms with Crippen molar-refractivity contribution in [1.82, 2.24) is 0 Å². The Morgan fingerprint density at radius 2 is 1.61 bits per heavy atom. The molecule has 0 saturated heterocycles. The molecule has 1 N–H and O–H groups in total. The lowest BCUT2D eigenvalue weighted by Crippen LogP contribution is -2.40. The van der Waals surface area contributed by atoms with Crippen molar-refractivity contribution >= 4 is 5.69 Å². The Balaban J connectivity index is 0.00000171. The van der Waals surface area contributed by atoms with Crippen LogP contribution in [0.3, 0.4) is 0 Å². The van der Waals surface area contributed by atoms with Crippen LogP contribution in [-0.4, -0.2) is 11.1 Å². The lowest BCUT2D eigenvalue weighted by Gasteiger charge is -2.41. The standard InChI is InChI=1S/C22H33NO.2C2H6/c1-15(14-22(5,6)7)11-17(3)23(19-9-8-10-19)21-13-20(24)12-16(2)18(21)4;2*1-2/h12-13,19,24H,1,3,8-11,14H2,2,4-7H3;2*1-2H3. The smallest absolute Gasteiger partial charge is 0.117 e. The monoisotopic (exact) mass is 387 g/mol. The molecule has 28 heavy (non-hydrogen) atoms. The molecule has 0 spiro atoms. The van der Waals surface area contributed by atoms with Crippen LogP contribution in [0.15, 0.2) is 36.6 Å². The van der Waals surface area contributed by atoms with Crippen molar-refractivity contribution in [2.24, 2.45) is 5.41 Å².